The number of anilines is 1. The fourth-order valence-electron chi connectivity index (χ4n) is 1.58. The number of nitrogens with zero attached hydrogens (tertiary/aromatic N) is 1. The summed E-state index contributed by atoms with van der Waals surface area (Å²) in [6.45, 7) is 0.216. The van der Waals surface area contributed by atoms with Gasteiger partial charge in [-0.15, -0.1) is 0 Å². The lowest BCUT2D eigenvalue weighted by Crippen LogP contribution is -2.05. The molecule has 1 heterocycles. The maximum atomic E-state index is 10.9. The number of benzene rings is 1. The monoisotopic (exact) mass is 242 g/mol. The van der Waals surface area contributed by atoms with Crippen LogP contribution in [-0.4, -0.2) is 11.1 Å². The molecule has 0 aliphatic carbocycles. The number of nitrogens with one attached hydrogen (secondary N) is 1. The largest absolute Gasteiger partial charge is 0.478 e. The Bertz CT molecular complexity index is 611. The first-order valence-corrected chi connectivity index (χ1v) is 5.25. The van der Waals surface area contributed by atoms with E-state index in [1.165, 1.54) is 12.3 Å². The summed E-state index contributed by atoms with van der Waals surface area (Å²) in [4.78, 5) is 10.9. The minimum atomic E-state index is -1.03. The number of para-hydroxylation sites is 1. The number of nitriles is 1. The molecule has 2 rings (SSSR count). The average Bonchev–Trinajstić information content (AvgIpc) is 2.85. The molecule has 0 saturated carbocycles. The van der Waals surface area contributed by atoms with Gasteiger partial charge in [0.1, 0.15) is 17.4 Å². The summed E-state index contributed by atoms with van der Waals surface area (Å²) >= 11 is 0. The smallest absolute Gasteiger partial charge is 0.339 e. The number of carboxylic acid groups (broad SMARTS) is 1. The van der Waals surface area contributed by atoms with Gasteiger partial charge in [0.15, 0.2) is 0 Å². The van der Waals surface area contributed by atoms with Gasteiger partial charge in [0.05, 0.1) is 24.1 Å². The van der Waals surface area contributed by atoms with E-state index in [-0.39, 0.29) is 12.1 Å². The first kappa shape index (κ1) is 11.7. The molecule has 2 N–H and O–H groups in total. The van der Waals surface area contributed by atoms with Crippen molar-refractivity contribution in [2.24, 2.45) is 0 Å². The van der Waals surface area contributed by atoms with E-state index in [0.29, 0.717) is 17.0 Å². The third kappa shape index (κ3) is 2.33. The molecule has 5 nitrogen and oxygen atoms in total. The standard InChI is InChI=1S/C13H10N2O3/c14-7-9-3-1-2-4-11(9)15-8-12-10(13(16)17)5-6-18-12/h1-6,15H,8H2,(H,16,17). The summed E-state index contributed by atoms with van der Waals surface area (Å²) in [5.74, 6) is -0.704. The molecular weight excluding hydrogens is 232 g/mol. The van der Waals surface area contributed by atoms with Crippen molar-refractivity contribution in [3.63, 3.8) is 0 Å². The van der Waals surface area contributed by atoms with Crippen LogP contribution in [0.5, 0.6) is 0 Å². The average molecular weight is 242 g/mol. The Hall–Kier alpha value is -2.74. The number of hydrogen-bond donors (Lipinski definition) is 2. The zero-order valence-corrected chi connectivity index (χ0v) is 9.38. The van der Waals surface area contributed by atoms with Crippen LogP contribution in [0.1, 0.15) is 21.7 Å². The number of hydrogen-bond acceptors (Lipinski definition) is 4. The van der Waals surface area contributed by atoms with E-state index >= 15 is 0 Å². The summed E-state index contributed by atoms with van der Waals surface area (Å²) in [6, 6.07) is 10.4. The Labute approximate surface area is 103 Å². The zero-order chi connectivity index (χ0) is 13.0. The zero-order valence-electron chi connectivity index (χ0n) is 9.38. The van der Waals surface area contributed by atoms with Gasteiger partial charge in [-0.1, -0.05) is 12.1 Å². The van der Waals surface area contributed by atoms with E-state index in [1.807, 2.05) is 0 Å². The highest BCUT2D eigenvalue weighted by atomic mass is 16.4. The predicted molar refractivity (Wildman–Crippen MR) is 64.2 cm³/mol. The van der Waals surface area contributed by atoms with Crippen molar-refractivity contribution in [3.05, 3.63) is 53.5 Å². The highest BCUT2D eigenvalue weighted by Crippen LogP contribution is 2.17. The van der Waals surface area contributed by atoms with E-state index < -0.39 is 5.97 Å². The maximum absolute atomic E-state index is 10.9. The van der Waals surface area contributed by atoms with E-state index in [4.69, 9.17) is 14.8 Å². The summed E-state index contributed by atoms with van der Waals surface area (Å²) in [6.07, 6.45) is 1.33. The molecule has 0 spiro atoms. The second-order valence-corrected chi connectivity index (χ2v) is 3.57. The van der Waals surface area contributed by atoms with Crippen LogP contribution in [0, 0.1) is 11.3 Å². The first-order chi connectivity index (χ1) is 8.72. The number of furan rings is 1. The molecule has 0 aliphatic rings. The van der Waals surface area contributed by atoms with E-state index in [2.05, 4.69) is 11.4 Å². The number of carboxylic acids is 1. The molecule has 2 aromatic rings. The van der Waals surface area contributed by atoms with Gasteiger partial charge in [-0.2, -0.15) is 5.26 Å². The van der Waals surface area contributed by atoms with Crippen molar-refractivity contribution in [3.8, 4) is 6.07 Å². The molecule has 0 unspecified atom stereocenters. The molecule has 0 bridgehead atoms. The third-order valence-corrected chi connectivity index (χ3v) is 2.46. The lowest BCUT2D eigenvalue weighted by Gasteiger charge is -2.06. The van der Waals surface area contributed by atoms with Gasteiger partial charge in [0, 0.05) is 0 Å². The van der Waals surface area contributed by atoms with Gasteiger partial charge in [-0.3, -0.25) is 0 Å². The fraction of sp³-hybridized carbons (Fsp3) is 0.0769. The molecule has 0 atom stereocenters. The topological polar surface area (TPSA) is 86.3 Å². The van der Waals surface area contributed by atoms with Gasteiger partial charge < -0.3 is 14.8 Å². The van der Waals surface area contributed by atoms with E-state index in [0.717, 1.165) is 0 Å². The number of rotatable bonds is 4. The molecule has 90 valence electrons. The Morgan fingerprint density at radius 1 is 1.39 bits per heavy atom. The molecule has 0 saturated heterocycles. The minimum absolute atomic E-state index is 0.122. The van der Waals surface area contributed by atoms with Crippen LogP contribution in [0.3, 0.4) is 0 Å². The predicted octanol–water partition coefficient (Wildman–Crippen LogP) is 2.46. The molecule has 1 aromatic heterocycles. The highest BCUT2D eigenvalue weighted by Gasteiger charge is 2.13. The molecule has 18 heavy (non-hydrogen) atoms. The van der Waals surface area contributed by atoms with Crippen molar-refractivity contribution in [1.29, 1.82) is 5.26 Å². The maximum Gasteiger partial charge on any atom is 0.339 e. The molecule has 1 aromatic carbocycles. The van der Waals surface area contributed by atoms with Crippen molar-refractivity contribution in [2.75, 3.05) is 5.32 Å². The Morgan fingerprint density at radius 2 is 2.17 bits per heavy atom. The van der Waals surface area contributed by atoms with Crippen molar-refractivity contribution >= 4 is 11.7 Å². The van der Waals surface area contributed by atoms with Crippen molar-refractivity contribution in [1.82, 2.24) is 0 Å². The van der Waals surface area contributed by atoms with Crippen LogP contribution in [0.2, 0.25) is 0 Å². The summed E-state index contributed by atoms with van der Waals surface area (Å²) in [7, 11) is 0. The second kappa shape index (κ2) is 5.06. The van der Waals surface area contributed by atoms with E-state index in [1.54, 1.807) is 24.3 Å². The second-order valence-electron chi connectivity index (χ2n) is 3.57. The molecule has 0 aliphatic heterocycles. The lowest BCUT2D eigenvalue weighted by molar-refractivity contribution is 0.0694. The van der Waals surface area contributed by atoms with Crippen LogP contribution >= 0.6 is 0 Å². The quantitative estimate of drug-likeness (QED) is 0.860. The van der Waals surface area contributed by atoms with Crippen molar-refractivity contribution < 1.29 is 14.3 Å². The Morgan fingerprint density at radius 3 is 2.89 bits per heavy atom. The van der Waals surface area contributed by atoms with Crippen LogP contribution in [0.15, 0.2) is 41.0 Å². The number of aromatic carboxylic acids is 1. The number of carbonyl (C=O) groups is 1. The molecule has 5 heteroatoms. The molecular formula is C13H10N2O3. The molecule has 0 amide bonds. The van der Waals surface area contributed by atoms with Crippen molar-refractivity contribution in [2.45, 2.75) is 6.54 Å². The summed E-state index contributed by atoms with van der Waals surface area (Å²) in [5, 5.41) is 20.8. The first-order valence-electron chi connectivity index (χ1n) is 5.25. The lowest BCUT2D eigenvalue weighted by atomic mass is 10.2. The van der Waals surface area contributed by atoms with Gasteiger partial charge in [-0.25, -0.2) is 4.79 Å². The fourth-order valence-corrected chi connectivity index (χ4v) is 1.58. The van der Waals surface area contributed by atoms with Gasteiger partial charge >= 0.3 is 5.97 Å². The SMILES string of the molecule is N#Cc1ccccc1NCc1occc1C(=O)O. The van der Waals surface area contributed by atoms with Gasteiger partial charge in [0.25, 0.3) is 0 Å². The van der Waals surface area contributed by atoms with Crippen LogP contribution in [0.25, 0.3) is 0 Å². The van der Waals surface area contributed by atoms with Gasteiger partial charge in [-0.05, 0) is 18.2 Å². The van der Waals surface area contributed by atoms with E-state index in [9.17, 15) is 4.79 Å². The summed E-state index contributed by atoms with van der Waals surface area (Å²) in [5.41, 5.74) is 1.27. The Balaban J connectivity index is 2.15. The van der Waals surface area contributed by atoms with Crippen LogP contribution in [0.4, 0.5) is 5.69 Å². The minimum Gasteiger partial charge on any atom is -0.478 e. The normalized spacial score (nSPS) is 9.72. The van der Waals surface area contributed by atoms with Gasteiger partial charge in [0.2, 0.25) is 0 Å². The molecule has 0 fully saturated rings. The van der Waals surface area contributed by atoms with Crippen LogP contribution in [-0.2, 0) is 6.54 Å². The third-order valence-electron chi connectivity index (χ3n) is 2.46. The summed E-state index contributed by atoms with van der Waals surface area (Å²) < 4.78 is 5.09. The Kier molecular flexibility index (Phi) is 3.30. The molecule has 0 radical (unpaired) electrons. The van der Waals surface area contributed by atoms with Crippen LogP contribution < -0.4 is 5.32 Å². The highest BCUT2D eigenvalue weighted by molar-refractivity contribution is 5.88.